The van der Waals surface area contributed by atoms with Crippen LogP contribution < -0.4 is 20.8 Å². The molecule has 0 unspecified atom stereocenters. The number of hydrogen-bond acceptors (Lipinski definition) is 12. The van der Waals surface area contributed by atoms with Crippen LogP contribution in [-0.4, -0.2) is 109 Å². The monoisotopic (exact) mass is 1000 g/mol. The molecule has 0 saturated carbocycles. The van der Waals surface area contributed by atoms with E-state index in [0.29, 0.717) is 0 Å². The summed E-state index contributed by atoms with van der Waals surface area (Å²) in [4.78, 5) is 0. The Labute approximate surface area is 146 Å². The summed E-state index contributed by atoms with van der Waals surface area (Å²) in [6.45, 7) is 0. The SMILES string of the molecule is O=[Te](=O)([O-])[O-].O=[Te](=O)([O-])[O-].O=[Te](=O)([O-])[O-].[Bi+3].[Bi+3]. The third-order valence-electron chi connectivity index (χ3n) is 0. The van der Waals surface area contributed by atoms with E-state index in [2.05, 4.69) is 0 Å². The maximum Gasteiger partial charge on any atom is 3.00 e. The molecule has 0 saturated heterocycles. The fourth-order valence-electron chi connectivity index (χ4n) is 0. The molecule has 12 nitrogen and oxygen atoms in total. The normalized spacial score (nSPS) is 10.2. The van der Waals surface area contributed by atoms with E-state index in [1.807, 2.05) is 0 Å². The summed E-state index contributed by atoms with van der Waals surface area (Å²) in [6, 6.07) is 0. The van der Waals surface area contributed by atoms with Gasteiger partial charge in [0.15, 0.2) is 0 Å². The van der Waals surface area contributed by atoms with E-state index < -0.39 is 56.9 Å². The number of rotatable bonds is 0. The molecule has 100 valence electrons. The van der Waals surface area contributed by atoms with Crippen LogP contribution in [0.1, 0.15) is 0 Å². The minimum absolute atomic E-state index is 0. The van der Waals surface area contributed by atoms with E-state index in [1.165, 1.54) is 0 Å². The predicted molar refractivity (Wildman–Crippen MR) is 32.9 cm³/mol. The summed E-state index contributed by atoms with van der Waals surface area (Å²) < 4.78 is 104. The Balaban J connectivity index is -0.0000000400. The summed E-state index contributed by atoms with van der Waals surface area (Å²) in [6.07, 6.45) is 0. The summed E-state index contributed by atoms with van der Waals surface area (Å²) >= 11 is -18.1. The second kappa shape index (κ2) is 13.7. The second-order valence-electron chi connectivity index (χ2n) is 1.22. The van der Waals surface area contributed by atoms with E-state index >= 15 is 0 Å². The van der Waals surface area contributed by atoms with Crippen molar-refractivity contribution in [2.75, 3.05) is 0 Å². The van der Waals surface area contributed by atoms with Crippen molar-refractivity contribution in [3.8, 4) is 0 Å². The molecule has 0 fully saturated rings. The van der Waals surface area contributed by atoms with E-state index in [4.69, 9.17) is 39.5 Å². The van der Waals surface area contributed by atoms with Crippen molar-refractivity contribution in [1.82, 2.24) is 0 Å². The standard InChI is InChI=1S/2Bi.3H2O4Te/c;;3*1-5(2,3)4/h;;3*(H2,1,2,3,4)/q2*+3;;;/p-6. The Morgan fingerprint density at radius 2 is 0.412 bits per heavy atom. The topological polar surface area (TPSA) is 241 Å². The summed E-state index contributed by atoms with van der Waals surface area (Å²) in [5.41, 5.74) is 0. The van der Waals surface area contributed by atoms with Crippen LogP contribution in [0, 0.1) is 0 Å². The van der Waals surface area contributed by atoms with Gasteiger partial charge in [0.1, 0.15) is 0 Å². The molecule has 0 N–H and O–H groups in total. The van der Waals surface area contributed by atoms with Gasteiger partial charge in [-0.05, 0) is 0 Å². The molecule has 0 aliphatic rings. The molecule has 0 aromatic carbocycles. The predicted octanol–water partition coefficient (Wildman–Crippen LogP) is -9.75. The fraction of sp³-hybridized carbons (Fsp3) is 0. The van der Waals surface area contributed by atoms with Gasteiger partial charge in [-0.25, -0.2) is 0 Å². The van der Waals surface area contributed by atoms with Crippen LogP contribution in [0.25, 0.3) is 0 Å². The Bertz CT molecular complexity index is 341. The molecule has 0 aromatic heterocycles. The minimum Gasteiger partial charge on any atom is 3.00 e. The summed E-state index contributed by atoms with van der Waals surface area (Å²) in [5, 5.41) is 0. The van der Waals surface area contributed by atoms with Crippen LogP contribution in [0.3, 0.4) is 0 Å². The van der Waals surface area contributed by atoms with Gasteiger partial charge in [0.2, 0.25) is 0 Å². The van der Waals surface area contributed by atoms with Gasteiger partial charge in [-0.1, -0.05) is 0 Å². The van der Waals surface area contributed by atoms with Crippen molar-refractivity contribution >= 4 is 109 Å². The third kappa shape index (κ3) is 717. The van der Waals surface area contributed by atoms with Crippen molar-refractivity contribution < 1.29 is 39.5 Å². The quantitative estimate of drug-likeness (QED) is 0.206. The summed E-state index contributed by atoms with van der Waals surface area (Å²) in [7, 11) is 0. The zero-order valence-corrected chi connectivity index (χ0v) is 21.0. The van der Waals surface area contributed by atoms with Crippen LogP contribution in [0.2, 0.25) is 0 Å². The van der Waals surface area contributed by atoms with Gasteiger partial charge < -0.3 is 0 Å². The van der Waals surface area contributed by atoms with Crippen molar-refractivity contribution in [2.24, 2.45) is 0 Å². The van der Waals surface area contributed by atoms with Gasteiger partial charge in [-0.2, -0.15) is 0 Å². The molecule has 0 aromatic rings. The molecule has 4 radical (unpaired) electrons. The molecular formula is Bi2O12Te3. The largest absolute Gasteiger partial charge is 3.00 e. The van der Waals surface area contributed by atoms with Crippen LogP contribution in [0.4, 0.5) is 0 Å². The zero-order chi connectivity index (χ0) is 13.5. The smallest absolute Gasteiger partial charge is 3.00 e. The third-order valence-corrected chi connectivity index (χ3v) is 0. The molecule has 17 heavy (non-hydrogen) atoms. The number of hydrogen-bond donors (Lipinski definition) is 0. The van der Waals surface area contributed by atoms with Gasteiger partial charge >= 0.3 is 149 Å². The van der Waals surface area contributed by atoms with Crippen molar-refractivity contribution in [2.45, 2.75) is 0 Å². The molecular weight excluding hydrogens is 993 g/mol. The van der Waals surface area contributed by atoms with E-state index in [0.717, 1.165) is 0 Å². The first-order valence-corrected chi connectivity index (χ1v) is 13.4. The van der Waals surface area contributed by atoms with Crippen LogP contribution in [-0.2, 0) is 18.6 Å². The van der Waals surface area contributed by atoms with E-state index in [9.17, 15) is 0 Å². The molecule has 0 aliphatic carbocycles. The first-order valence-electron chi connectivity index (χ1n) is 2.00. The van der Waals surface area contributed by atoms with Gasteiger partial charge in [-0.15, -0.1) is 0 Å². The first-order chi connectivity index (χ1) is 6.00. The van der Waals surface area contributed by atoms with Crippen LogP contribution in [0.15, 0.2) is 0 Å². The van der Waals surface area contributed by atoms with Gasteiger partial charge in [0, 0.05) is 0 Å². The molecule has 17 heteroatoms. The van der Waals surface area contributed by atoms with E-state index in [1.54, 1.807) is 0 Å². The molecule has 0 rings (SSSR count). The molecule has 0 bridgehead atoms. The van der Waals surface area contributed by atoms with Crippen LogP contribution in [0.5, 0.6) is 0 Å². The molecule has 0 atom stereocenters. The molecule has 0 heterocycles. The van der Waals surface area contributed by atoms with Gasteiger partial charge in [0.25, 0.3) is 0 Å². The average Bonchev–Trinajstić information content (AvgIpc) is 1.41. The maximum absolute atomic E-state index is 8.63. The summed E-state index contributed by atoms with van der Waals surface area (Å²) in [5.74, 6) is 0. The molecule has 0 spiro atoms. The van der Waals surface area contributed by atoms with Gasteiger partial charge in [-0.3, -0.25) is 0 Å². The van der Waals surface area contributed by atoms with Gasteiger partial charge in [0.05, 0.1) is 0 Å². The molecule has 0 aliphatic heterocycles. The second-order valence-corrected chi connectivity index (χ2v) is 8.22. The fourth-order valence-corrected chi connectivity index (χ4v) is 0. The maximum atomic E-state index is 8.63. The van der Waals surface area contributed by atoms with Crippen molar-refractivity contribution in [3.05, 3.63) is 0 Å². The first kappa shape index (κ1) is 31.9. The van der Waals surface area contributed by atoms with E-state index in [-0.39, 0.29) is 52.4 Å². The minimum atomic E-state index is -6.02. The average molecular weight is 993 g/mol. The van der Waals surface area contributed by atoms with Crippen molar-refractivity contribution in [1.29, 1.82) is 0 Å². The Morgan fingerprint density at radius 3 is 0.412 bits per heavy atom. The Hall–Kier alpha value is 2.70. The Kier molecular flexibility index (Phi) is 25.6. The zero-order valence-electron chi connectivity index (χ0n) is 7.02. The van der Waals surface area contributed by atoms with Crippen LogP contribution >= 0.6 is 0 Å². The molecule has 0 amide bonds. The van der Waals surface area contributed by atoms with Crippen molar-refractivity contribution in [3.63, 3.8) is 0 Å². The Morgan fingerprint density at radius 1 is 0.412 bits per heavy atom.